The molecule has 6 nitrogen and oxygen atoms in total. The van der Waals surface area contributed by atoms with Gasteiger partial charge >= 0.3 is 0 Å². The summed E-state index contributed by atoms with van der Waals surface area (Å²) < 4.78 is 6.91. The van der Waals surface area contributed by atoms with Crippen LogP contribution in [0, 0.1) is 6.92 Å². The van der Waals surface area contributed by atoms with Crippen LogP contribution in [0.1, 0.15) is 48.4 Å². The molecule has 1 atom stereocenters. The van der Waals surface area contributed by atoms with Crippen molar-refractivity contribution in [2.75, 3.05) is 20.8 Å². The molecule has 0 radical (unpaired) electrons. The van der Waals surface area contributed by atoms with Crippen molar-refractivity contribution in [2.24, 2.45) is 7.05 Å². The summed E-state index contributed by atoms with van der Waals surface area (Å²) in [4.78, 5) is 19.4. The van der Waals surface area contributed by atoms with Gasteiger partial charge in [-0.1, -0.05) is 13.8 Å². The van der Waals surface area contributed by atoms with Gasteiger partial charge in [0.1, 0.15) is 0 Å². The number of rotatable bonds is 5. The monoisotopic (exact) mass is 318 g/mol. The maximum absolute atomic E-state index is 13.0. The van der Waals surface area contributed by atoms with Crippen molar-refractivity contribution in [3.8, 4) is 0 Å². The lowest BCUT2D eigenvalue weighted by Gasteiger charge is -2.25. The number of carbonyl (C=O) groups is 1. The second-order valence-corrected chi connectivity index (χ2v) is 6.38. The third kappa shape index (κ3) is 3.22. The quantitative estimate of drug-likeness (QED) is 0.850. The molecular weight excluding hydrogens is 292 g/mol. The lowest BCUT2D eigenvalue weighted by molar-refractivity contribution is 0.0635. The molecular formula is C17H26N4O2. The Morgan fingerprint density at radius 1 is 1.39 bits per heavy atom. The van der Waals surface area contributed by atoms with Crippen molar-refractivity contribution < 1.29 is 9.53 Å². The van der Waals surface area contributed by atoms with Crippen LogP contribution in [0.15, 0.2) is 6.07 Å². The van der Waals surface area contributed by atoms with E-state index in [-0.39, 0.29) is 17.9 Å². The lowest BCUT2D eigenvalue weighted by Crippen LogP contribution is -2.38. The normalized spacial score (nSPS) is 12.9. The number of likely N-dealkylation sites (N-methyl/N-ethyl adjacent to an activating group) is 1. The van der Waals surface area contributed by atoms with Crippen LogP contribution in [0.5, 0.6) is 0 Å². The van der Waals surface area contributed by atoms with E-state index < -0.39 is 0 Å². The van der Waals surface area contributed by atoms with Gasteiger partial charge in [-0.15, -0.1) is 0 Å². The minimum Gasteiger partial charge on any atom is -0.383 e. The van der Waals surface area contributed by atoms with Crippen LogP contribution in [0.3, 0.4) is 0 Å². The summed E-state index contributed by atoms with van der Waals surface area (Å²) in [5, 5.41) is 5.26. The minimum atomic E-state index is -0.0278. The second-order valence-electron chi connectivity index (χ2n) is 6.38. The summed E-state index contributed by atoms with van der Waals surface area (Å²) in [6.45, 7) is 8.53. The molecule has 2 aromatic heterocycles. The predicted octanol–water partition coefficient (Wildman–Crippen LogP) is 2.51. The van der Waals surface area contributed by atoms with Gasteiger partial charge < -0.3 is 9.64 Å². The topological polar surface area (TPSA) is 60.2 Å². The third-order valence-corrected chi connectivity index (χ3v) is 4.20. The van der Waals surface area contributed by atoms with E-state index in [0.29, 0.717) is 12.2 Å². The van der Waals surface area contributed by atoms with Gasteiger partial charge in [-0.05, 0) is 25.8 Å². The molecule has 1 amide bonds. The number of fused-ring (bicyclic) bond motifs is 1. The average Bonchev–Trinajstić information content (AvgIpc) is 2.80. The molecule has 0 aromatic carbocycles. The number of hydrogen-bond donors (Lipinski definition) is 0. The van der Waals surface area contributed by atoms with Gasteiger partial charge in [-0.2, -0.15) is 5.10 Å². The zero-order valence-corrected chi connectivity index (χ0v) is 15.0. The number of nitrogens with zero attached hydrogens (tertiary/aromatic N) is 4. The van der Waals surface area contributed by atoms with Gasteiger partial charge in [-0.25, -0.2) is 4.98 Å². The molecule has 0 unspecified atom stereocenters. The molecule has 0 aliphatic carbocycles. The minimum absolute atomic E-state index is 0.00445. The SMILES string of the molecule is COC[C@@H](C)N(C)C(=O)c1cc(C(C)C)nc2c1c(C)nn2C. The Morgan fingerprint density at radius 3 is 2.61 bits per heavy atom. The first kappa shape index (κ1) is 17.4. The fourth-order valence-corrected chi connectivity index (χ4v) is 2.67. The number of amides is 1. The van der Waals surface area contributed by atoms with Crippen LogP contribution >= 0.6 is 0 Å². The maximum atomic E-state index is 13.0. The molecule has 0 bridgehead atoms. The summed E-state index contributed by atoms with van der Waals surface area (Å²) >= 11 is 0. The Balaban J connectivity index is 2.60. The van der Waals surface area contributed by atoms with Gasteiger partial charge in [0.15, 0.2) is 5.65 Å². The number of methoxy groups -OCH3 is 1. The van der Waals surface area contributed by atoms with Gasteiger partial charge in [0.05, 0.1) is 29.3 Å². The van der Waals surface area contributed by atoms with E-state index in [0.717, 1.165) is 22.4 Å². The fourth-order valence-electron chi connectivity index (χ4n) is 2.67. The zero-order chi connectivity index (χ0) is 17.3. The van der Waals surface area contributed by atoms with Crippen molar-refractivity contribution in [1.29, 1.82) is 0 Å². The average molecular weight is 318 g/mol. The van der Waals surface area contributed by atoms with Gasteiger partial charge in [0, 0.05) is 26.9 Å². The molecule has 0 fully saturated rings. The Labute approximate surface area is 137 Å². The molecule has 2 rings (SSSR count). The highest BCUT2D eigenvalue weighted by molar-refractivity contribution is 6.06. The van der Waals surface area contributed by atoms with Crippen LogP contribution < -0.4 is 0 Å². The predicted molar refractivity (Wildman–Crippen MR) is 90.8 cm³/mol. The van der Waals surface area contributed by atoms with Crippen molar-refractivity contribution in [3.63, 3.8) is 0 Å². The van der Waals surface area contributed by atoms with Crippen LogP contribution in [0.25, 0.3) is 11.0 Å². The lowest BCUT2D eigenvalue weighted by atomic mass is 10.0. The van der Waals surface area contributed by atoms with E-state index in [9.17, 15) is 4.79 Å². The van der Waals surface area contributed by atoms with E-state index in [2.05, 4.69) is 23.9 Å². The van der Waals surface area contributed by atoms with Crippen molar-refractivity contribution in [1.82, 2.24) is 19.7 Å². The Hall–Kier alpha value is -1.95. The van der Waals surface area contributed by atoms with Crippen molar-refractivity contribution in [3.05, 3.63) is 23.0 Å². The second kappa shape index (κ2) is 6.66. The first-order valence-corrected chi connectivity index (χ1v) is 7.88. The number of aryl methyl sites for hydroxylation is 2. The smallest absolute Gasteiger partial charge is 0.254 e. The highest BCUT2D eigenvalue weighted by atomic mass is 16.5. The van der Waals surface area contributed by atoms with Crippen LogP contribution in [-0.2, 0) is 11.8 Å². The molecule has 126 valence electrons. The third-order valence-electron chi connectivity index (χ3n) is 4.20. The van der Waals surface area contributed by atoms with E-state index >= 15 is 0 Å². The Morgan fingerprint density at radius 2 is 2.04 bits per heavy atom. The molecule has 0 N–H and O–H groups in total. The molecule has 0 spiro atoms. The molecule has 6 heteroatoms. The van der Waals surface area contributed by atoms with Crippen molar-refractivity contribution in [2.45, 2.75) is 39.7 Å². The molecule has 0 aliphatic heterocycles. The molecule has 0 saturated carbocycles. The summed E-state index contributed by atoms with van der Waals surface area (Å²) in [7, 11) is 5.30. The van der Waals surface area contributed by atoms with Crippen molar-refractivity contribution >= 4 is 16.9 Å². The van der Waals surface area contributed by atoms with Gasteiger partial charge in [-0.3, -0.25) is 9.48 Å². The molecule has 0 saturated heterocycles. The zero-order valence-electron chi connectivity index (χ0n) is 15.0. The van der Waals surface area contributed by atoms with Crippen LogP contribution in [0.2, 0.25) is 0 Å². The highest BCUT2D eigenvalue weighted by Crippen LogP contribution is 2.26. The van der Waals surface area contributed by atoms with Gasteiger partial charge in [0.2, 0.25) is 0 Å². The number of pyridine rings is 1. The van der Waals surface area contributed by atoms with E-state index in [1.54, 1.807) is 23.7 Å². The van der Waals surface area contributed by atoms with Crippen LogP contribution in [0.4, 0.5) is 0 Å². The van der Waals surface area contributed by atoms with E-state index in [1.807, 2.05) is 27.0 Å². The summed E-state index contributed by atoms with van der Waals surface area (Å²) in [5.41, 5.74) is 3.14. The number of ether oxygens (including phenoxy) is 1. The maximum Gasteiger partial charge on any atom is 0.254 e. The van der Waals surface area contributed by atoms with E-state index in [4.69, 9.17) is 4.74 Å². The standard InChI is InChI=1S/C17H26N4O2/c1-10(2)14-8-13(17(22)20(5)11(3)9-23-7)15-12(4)19-21(6)16(15)18-14/h8,10-11H,9H2,1-7H3/t11-/m1/s1. The largest absolute Gasteiger partial charge is 0.383 e. The summed E-state index contributed by atoms with van der Waals surface area (Å²) in [6.07, 6.45) is 0. The molecule has 23 heavy (non-hydrogen) atoms. The van der Waals surface area contributed by atoms with Gasteiger partial charge in [0.25, 0.3) is 5.91 Å². The Kier molecular flexibility index (Phi) is 5.04. The number of hydrogen-bond acceptors (Lipinski definition) is 4. The molecule has 2 aromatic rings. The first-order valence-electron chi connectivity index (χ1n) is 7.88. The number of carbonyl (C=O) groups excluding carboxylic acids is 1. The highest BCUT2D eigenvalue weighted by Gasteiger charge is 2.24. The summed E-state index contributed by atoms with van der Waals surface area (Å²) in [5.74, 6) is 0.211. The summed E-state index contributed by atoms with van der Waals surface area (Å²) in [6, 6.07) is 1.90. The number of aromatic nitrogens is 3. The van der Waals surface area contributed by atoms with E-state index in [1.165, 1.54) is 0 Å². The molecule has 2 heterocycles. The Bertz CT molecular complexity index is 721. The fraction of sp³-hybridized carbons (Fsp3) is 0.588. The molecule has 0 aliphatic rings. The first-order chi connectivity index (χ1) is 10.8. The van der Waals surface area contributed by atoms with Crippen LogP contribution in [-0.4, -0.2) is 52.4 Å².